The van der Waals surface area contributed by atoms with Crippen molar-refractivity contribution in [3.8, 4) is 10.7 Å². The van der Waals surface area contributed by atoms with Crippen molar-refractivity contribution < 1.29 is 0 Å². The summed E-state index contributed by atoms with van der Waals surface area (Å²) in [7, 11) is 0. The van der Waals surface area contributed by atoms with Crippen molar-refractivity contribution in [2.45, 2.75) is 26.8 Å². The van der Waals surface area contributed by atoms with Gasteiger partial charge < -0.3 is 5.73 Å². The Morgan fingerprint density at radius 3 is 2.70 bits per heavy atom. The maximum Gasteiger partial charge on any atom is 0.142 e. The fraction of sp³-hybridized carbons (Fsp3) is 0.250. The second kappa shape index (κ2) is 5.31. The molecule has 0 radical (unpaired) electrons. The molecule has 4 heteroatoms. The standard InChI is InChI=1S/C16H17N3S/c1-3-12-15(9-17)20-16(19-12)14-8-10(2)11-6-4-5-7-13(11)18-14/h4-8H,3,9,17H2,1-2H3. The molecule has 0 fully saturated rings. The molecule has 0 aliphatic carbocycles. The lowest BCUT2D eigenvalue weighted by molar-refractivity contribution is 0.988. The van der Waals surface area contributed by atoms with Crippen molar-refractivity contribution in [3.63, 3.8) is 0 Å². The zero-order valence-electron chi connectivity index (χ0n) is 11.7. The van der Waals surface area contributed by atoms with E-state index in [1.165, 1.54) is 10.9 Å². The number of rotatable bonds is 3. The predicted molar refractivity (Wildman–Crippen MR) is 84.9 cm³/mol. The summed E-state index contributed by atoms with van der Waals surface area (Å²) in [5.41, 5.74) is 10.1. The second-order valence-electron chi connectivity index (χ2n) is 4.79. The van der Waals surface area contributed by atoms with Crippen LogP contribution in [-0.4, -0.2) is 9.97 Å². The Balaban J connectivity index is 2.17. The lowest BCUT2D eigenvalue weighted by Gasteiger charge is -2.04. The smallest absolute Gasteiger partial charge is 0.142 e. The molecule has 1 aromatic carbocycles. The number of pyridine rings is 1. The van der Waals surface area contributed by atoms with Crippen LogP contribution in [-0.2, 0) is 13.0 Å². The minimum atomic E-state index is 0.549. The number of hydrogen-bond acceptors (Lipinski definition) is 4. The number of para-hydroxylation sites is 1. The van der Waals surface area contributed by atoms with Crippen LogP contribution >= 0.6 is 11.3 Å². The van der Waals surface area contributed by atoms with Crippen molar-refractivity contribution in [1.29, 1.82) is 0 Å². The van der Waals surface area contributed by atoms with Gasteiger partial charge in [0.15, 0.2) is 0 Å². The molecule has 0 amide bonds. The van der Waals surface area contributed by atoms with Gasteiger partial charge in [-0.3, -0.25) is 0 Å². The summed E-state index contributed by atoms with van der Waals surface area (Å²) in [5, 5.41) is 2.17. The van der Waals surface area contributed by atoms with E-state index in [1.807, 2.05) is 18.2 Å². The van der Waals surface area contributed by atoms with Crippen LogP contribution in [0, 0.1) is 6.92 Å². The number of hydrogen-bond donors (Lipinski definition) is 1. The third-order valence-electron chi connectivity index (χ3n) is 3.44. The van der Waals surface area contributed by atoms with Crippen LogP contribution < -0.4 is 5.73 Å². The van der Waals surface area contributed by atoms with Gasteiger partial charge in [0.05, 0.1) is 16.9 Å². The maximum absolute atomic E-state index is 5.79. The number of nitrogens with zero attached hydrogens (tertiary/aromatic N) is 2. The Labute approximate surface area is 122 Å². The summed E-state index contributed by atoms with van der Waals surface area (Å²) in [4.78, 5) is 10.6. The fourth-order valence-corrected chi connectivity index (χ4v) is 3.38. The summed E-state index contributed by atoms with van der Waals surface area (Å²) >= 11 is 1.66. The van der Waals surface area contributed by atoms with E-state index in [4.69, 9.17) is 15.7 Å². The molecule has 0 bridgehead atoms. The topological polar surface area (TPSA) is 51.8 Å². The van der Waals surface area contributed by atoms with E-state index in [2.05, 4.69) is 26.0 Å². The Kier molecular flexibility index (Phi) is 3.51. The van der Waals surface area contributed by atoms with Crippen molar-refractivity contribution in [3.05, 3.63) is 46.5 Å². The number of nitrogens with two attached hydrogens (primary N) is 1. The zero-order valence-corrected chi connectivity index (χ0v) is 12.5. The Hall–Kier alpha value is -1.78. The third-order valence-corrected chi connectivity index (χ3v) is 4.58. The number of aryl methyl sites for hydroxylation is 2. The first-order valence-electron chi connectivity index (χ1n) is 6.78. The van der Waals surface area contributed by atoms with Crippen molar-refractivity contribution in [2.75, 3.05) is 0 Å². The normalized spacial score (nSPS) is 11.2. The molecule has 20 heavy (non-hydrogen) atoms. The monoisotopic (exact) mass is 283 g/mol. The average molecular weight is 283 g/mol. The second-order valence-corrected chi connectivity index (χ2v) is 5.87. The van der Waals surface area contributed by atoms with Gasteiger partial charge >= 0.3 is 0 Å². The Morgan fingerprint density at radius 2 is 2.00 bits per heavy atom. The van der Waals surface area contributed by atoms with Crippen molar-refractivity contribution in [2.24, 2.45) is 5.73 Å². The predicted octanol–water partition coefficient (Wildman–Crippen LogP) is 3.69. The molecule has 3 aromatic rings. The van der Waals surface area contributed by atoms with Crippen LogP contribution in [0.5, 0.6) is 0 Å². The molecule has 2 N–H and O–H groups in total. The van der Waals surface area contributed by atoms with Crippen LogP contribution in [0.2, 0.25) is 0 Å². The van der Waals surface area contributed by atoms with Crippen LogP contribution in [0.25, 0.3) is 21.6 Å². The highest BCUT2D eigenvalue weighted by Gasteiger charge is 2.12. The summed E-state index contributed by atoms with van der Waals surface area (Å²) in [5.74, 6) is 0. The van der Waals surface area contributed by atoms with Crippen molar-refractivity contribution in [1.82, 2.24) is 9.97 Å². The van der Waals surface area contributed by atoms with E-state index in [1.54, 1.807) is 11.3 Å². The van der Waals surface area contributed by atoms with Crippen LogP contribution in [0.4, 0.5) is 0 Å². The number of benzene rings is 1. The summed E-state index contributed by atoms with van der Waals surface area (Å²) < 4.78 is 0. The molecule has 102 valence electrons. The van der Waals surface area contributed by atoms with Gasteiger partial charge in [-0.25, -0.2) is 9.97 Å². The molecule has 2 aromatic heterocycles. The van der Waals surface area contributed by atoms with E-state index in [0.717, 1.165) is 33.2 Å². The molecule has 0 spiro atoms. The van der Waals surface area contributed by atoms with Gasteiger partial charge in [0, 0.05) is 16.8 Å². The molecule has 3 rings (SSSR count). The van der Waals surface area contributed by atoms with Crippen LogP contribution in [0.1, 0.15) is 23.1 Å². The van der Waals surface area contributed by atoms with Gasteiger partial charge in [-0.15, -0.1) is 11.3 Å². The van der Waals surface area contributed by atoms with Gasteiger partial charge in [0.25, 0.3) is 0 Å². The summed E-state index contributed by atoms with van der Waals surface area (Å²) in [6, 6.07) is 10.3. The summed E-state index contributed by atoms with van der Waals surface area (Å²) in [6.07, 6.45) is 0.912. The highest BCUT2D eigenvalue weighted by atomic mass is 32.1. The molecular weight excluding hydrogens is 266 g/mol. The number of thiazole rings is 1. The lowest BCUT2D eigenvalue weighted by Crippen LogP contribution is -1.96. The van der Waals surface area contributed by atoms with Crippen molar-refractivity contribution >= 4 is 22.2 Å². The Bertz CT molecular complexity index is 740. The molecule has 0 aliphatic heterocycles. The molecular formula is C16H17N3S. The maximum atomic E-state index is 5.79. The van der Waals surface area contributed by atoms with E-state index in [0.29, 0.717) is 6.54 Å². The molecule has 2 heterocycles. The summed E-state index contributed by atoms with van der Waals surface area (Å²) in [6.45, 7) is 4.77. The first-order valence-corrected chi connectivity index (χ1v) is 7.60. The zero-order chi connectivity index (χ0) is 14.1. The highest BCUT2D eigenvalue weighted by molar-refractivity contribution is 7.15. The number of fused-ring (bicyclic) bond motifs is 1. The Morgan fingerprint density at radius 1 is 1.20 bits per heavy atom. The lowest BCUT2D eigenvalue weighted by atomic mass is 10.1. The molecule has 0 saturated heterocycles. The van der Waals surface area contributed by atoms with Gasteiger partial charge in [0.1, 0.15) is 5.01 Å². The minimum Gasteiger partial charge on any atom is -0.326 e. The van der Waals surface area contributed by atoms with E-state index < -0.39 is 0 Å². The first-order chi connectivity index (χ1) is 9.72. The SMILES string of the molecule is CCc1nc(-c2cc(C)c3ccccc3n2)sc1CN. The van der Waals surface area contributed by atoms with Gasteiger partial charge in [0.2, 0.25) is 0 Å². The molecule has 0 atom stereocenters. The molecule has 0 unspecified atom stereocenters. The third kappa shape index (κ3) is 2.21. The van der Waals surface area contributed by atoms with Crippen LogP contribution in [0.3, 0.4) is 0 Å². The van der Waals surface area contributed by atoms with Gasteiger partial charge in [-0.1, -0.05) is 25.1 Å². The molecule has 3 nitrogen and oxygen atoms in total. The van der Waals surface area contributed by atoms with Crippen LogP contribution in [0.15, 0.2) is 30.3 Å². The largest absolute Gasteiger partial charge is 0.326 e. The highest BCUT2D eigenvalue weighted by Crippen LogP contribution is 2.29. The minimum absolute atomic E-state index is 0.549. The quantitative estimate of drug-likeness (QED) is 0.797. The van der Waals surface area contributed by atoms with E-state index in [-0.39, 0.29) is 0 Å². The van der Waals surface area contributed by atoms with E-state index in [9.17, 15) is 0 Å². The molecule has 0 aliphatic rings. The fourth-order valence-electron chi connectivity index (χ4n) is 2.39. The van der Waals surface area contributed by atoms with E-state index >= 15 is 0 Å². The molecule has 0 saturated carbocycles. The average Bonchev–Trinajstić information content (AvgIpc) is 2.90. The first kappa shape index (κ1) is 13.2. The number of aromatic nitrogens is 2. The van der Waals surface area contributed by atoms with Gasteiger partial charge in [-0.05, 0) is 31.0 Å². The van der Waals surface area contributed by atoms with Gasteiger partial charge in [-0.2, -0.15) is 0 Å².